The van der Waals surface area contributed by atoms with Crippen molar-refractivity contribution in [3.63, 3.8) is 0 Å². The van der Waals surface area contributed by atoms with E-state index in [-0.39, 0.29) is 24.6 Å². The molecule has 2 aliphatic rings. The molecule has 40 heavy (non-hydrogen) atoms. The number of halogens is 3. The summed E-state index contributed by atoms with van der Waals surface area (Å²) in [5, 5.41) is 2.67. The molecule has 3 aromatic rings. The van der Waals surface area contributed by atoms with Gasteiger partial charge in [-0.3, -0.25) is 9.59 Å². The molecular weight excluding hydrogens is 525 g/mol. The van der Waals surface area contributed by atoms with Crippen LogP contribution in [0.1, 0.15) is 27.0 Å². The first-order valence-corrected chi connectivity index (χ1v) is 12.7. The molecule has 0 bridgehead atoms. The summed E-state index contributed by atoms with van der Waals surface area (Å²) in [7, 11) is 0. The summed E-state index contributed by atoms with van der Waals surface area (Å²) in [6.45, 7) is 1.98. The summed E-state index contributed by atoms with van der Waals surface area (Å²) in [4.78, 5) is 30.6. The number of ether oxygens (including phenoxy) is 2. The molecule has 1 fully saturated rings. The zero-order chi connectivity index (χ0) is 28.3. The smallest absolute Gasteiger partial charge is 0.419 e. The molecule has 1 unspecified atom stereocenters. The molecule has 2 aromatic carbocycles. The van der Waals surface area contributed by atoms with Gasteiger partial charge in [0.1, 0.15) is 17.7 Å². The van der Waals surface area contributed by atoms with E-state index in [0.29, 0.717) is 59.9 Å². The van der Waals surface area contributed by atoms with Crippen LogP contribution < -0.4 is 15.8 Å². The van der Waals surface area contributed by atoms with Crippen molar-refractivity contribution in [2.75, 3.05) is 38.6 Å². The van der Waals surface area contributed by atoms with Crippen LogP contribution in [-0.2, 0) is 22.1 Å². The van der Waals surface area contributed by atoms with Crippen LogP contribution in [0.5, 0.6) is 5.75 Å². The lowest BCUT2D eigenvalue weighted by Gasteiger charge is -2.26. The lowest BCUT2D eigenvalue weighted by atomic mass is 9.96. The topological polar surface area (TPSA) is 107 Å². The maximum absolute atomic E-state index is 14.0. The van der Waals surface area contributed by atoms with Gasteiger partial charge in [0.05, 0.1) is 25.3 Å². The molecule has 0 aliphatic carbocycles. The Balaban J connectivity index is 1.28. The first kappa shape index (κ1) is 27.2. The van der Waals surface area contributed by atoms with Crippen LogP contribution in [0.4, 0.5) is 19.0 Å². The van der Waals surface area contributed by atoms with Gasteiger partial charge < -0.3 is 25.4 Å². The Morgan fingerprint density at radius 1 is 1.07 bits per heavy atom. The van der Waals surface area contributed by atoms with E-state index in [4.69, 9.17) is 15.2 Å². The summed E-state index contributed by atoms with van der Waals surface area (Å²) in [5.74, 6) is -0.423. The molecule has 2 amide bonds. The average Bonchev–Trinajstić information content (AvgIpc) is 3.38. The van der Waals surface area contributed by atoms with Gasteiger partial charge in [-0.05, 0) is 64.7 Å². The van der Waals surface area contributed by atoms with Crippen molar-refractivity contribution in [3.8, 4) is 16.9 Å². The number of rotatable bonds is 6. The van der Waals surface area contributed by atoms with Gasteiger partial charge in [0.25, 0.3) is 5.91 Å². The lowest BCUT2D eigenvalue weighted by molar-refractivity contribution is -0.139. The van der Waals surface area contributed by atoms with Crippen molar-refractivity contribution in [1.82, 2.24) is 15.2 Å². The van der Waals surface area contributed by atoms with Crippen LogP contribution in [0.15, 0.2) is 60.8 Å². The molecule has 8 nitrogen and oxygen atoms in total. The Morgan fingerprint density at radius 2 is 1.82 bits per heavy atom. The second-order valence-corrected chi connectivity index (χ2v) is 9.53. The van der Waals surface area contributed by atoms with E-state index in [0.717, 1.165) is 6.07 Å². The van der Waals surface area contributed by atoms with Gasteiger partial charge in [0, 0.05) is 37.3 Å². The van der Waals surface area contributed by atoms with E-state index in [1.165, 1.54) is 12.3 Å². The number of anilines is 1. The predicted octanol–water partition coefficient (Wildman–Crippen LogP) is 3.96. The molecule has 0 spiro atoms. The van der Waals surface area contributed by atoms with Gasteiger partial charge in [-0.1, -0.05) is 12.1 Å². The number of morpholine rings is 1. The van der Waals surface area contributed by atoms with Crippen LogP contribution in [0.2, 0.25) is 0 Å². The van der Waals surface area contributed by atoms with Gasteiger partial charge in [0.2, 0.25) is 5.91 Å². The summed E-state index contributed by atoms with van der Waals surface area (Å²) in [6, 6.07) is 12.6. The quantitative estimate of drug-likeness (QED) is 0.449. The third kappa shape index (κ3) is 6.26. The average molecular weight is 553 g/mol. The fourth-order valence-electron chi connectivity index (χ4n) is 4.64. The highest BCUT2D eigenvalue weighted by molar-refractivity contribution is 5.95. The maximum atomic E-state index is 14.0. The second kappa shape index (κ2) is 11.4. The Morgan fingerprint density at radius 3 is 2.50 bits per heavy atom. The number of carbonyl (C=O) groups excluding carboxylic acids is 2. The SMILES string of the molecule is Nc1ccc(/C=C/C(=O)NCC2Cc3cc(-c4ccc(C(=O)N5CCOCC5)cc4)cc(C(F)(F)F)c3O2)cn1. The Bertz CT molecular complexity index is 1420. The van der Waals surface area contributed by atoms with Crippen LogP contribution in [0, 0.1) is 0 Å². The van der Waals surface area contributed by atoms with Crippen LogP contribution in [0.25, 0.3) is 17.2 Å². The molecule has 5 rings (SSSR count). The molecule has 3 N–H and O–H groups in total. The molecule has 1 atom stereocenters. The second-order valence-electron chi connectivity index (χ2n) is 9.53. The number of carbonyl (C=O) groups is 2. The monoisotopic (exact) mass is 552 g/mol. The number of nitrogens with two attached hydrogens (primary N) is 1. The summed E-state index contributed by atoms with van der Waals surface area (Å²) >= 11 is 0. The van der Waals surface area contributed by atoms with Crippen LogP contribution in [0.3, 0.4) is 0 Å². The number of hydrogen-bond donors (Lipinski definition) is 2. The molecule has 2 aliphatic heterocycles. The zero-order valence-corrected chi connectivity index (χ0v) is 21.4. The Hall–Kier alpha value is -4.38. The van der Waals surface area contributed by atoms with E-state index < -0.39 is 23.8 Å². The van der Waals surface area contributed by atoms with Crippen molar-refractivity contribution in [2.45, 2.75) is 18.7 Å². The number of aromatic nitrogens is 1. The minimum absolute atomic E-state index is 0.0306. The van der Waals surface area contributed by atoms with E-state index in [2.05, 4.69) is 10.3 Å². The van der Waals surface area contributed by atoms with Gasteiger partial charge in [0.15, 0.2) is 0 Å². The van der Waals surface area contributed by atoms with E-state index in [9.17, 15) is 22.8 Å². The highest BCUT2D eigenvalue weighted by Gasteiger charge is 2.39. The zero-order valence-electron chi connectivity index (χ0n) is 21.4. The van der Waals surface area contributed by atoms with Gasteiger partial charge in [-0.2, -0.15) is 13.2 Å². The third-order valence-electron chi connectivity index (χ3n) is 6.71. The Kier molecular flexibility index (Phi) is 7.74. The minimum atomic E-state index is -4.64. The van der Waals surface area contributed by atoms with Crippen LogP contribution >= 0.6 is 0 Å². The van der Waals surface area contributed by atoms with Crippen molar-refractivity contribution < 1.29 is 32.2 Å². The van der Waals surface area contributed by atoms with Crippen molar-refractivity contribution in [1.29, 1.82) is 0 Å². The Labute approximate surface area is 228 Å². The molecule has 1 aromatic heterocycles. The van der Waals surface area contributed by atoms with Gasteiger partial charge in [-0.15, -0.1) is 0 Å². The number of pyridine rings is 1. The normalized spacial score (nSPS) is 17.0. The minimum Gasteiger partial charge on any atom is -0.487 e. The number of benzene rings is 2. The van der Waals surface area contributed by atoms with Crippen LogP contribution in [-0.4, -0.2) is 60.7 Å². The molecule has 208 valence electrons. The standard InChI is InChI=1S/C29H27F3N4O4/c30-29(31,32)24-15-21(19-3-5-20(6-4-19)28(38)36-9-11-39-12-10-36)13-22-14-23(40-27(22)24)17-35-26(37)8-2-18-1-7-25(33)34-16-18/h1-8,13,15-16,23H,9-12,14,17H2,(H2,33,34)(H,35,37)/b8-2+. The third-order valence-corrected chi connectivity index (χ3v) is 6.71. The number of hydrogen-bond acceptors (Lipinski definition) is 6. The number of nitrogens with one attached hydrogen (secondary N) is 1. The fraction of sp³-hybridized carbons (Fsp3) is 0.276. The molecule has 3 heterocycles. The molecule has 11 heteroatoms. The highest BCUT2D eigenvalue weighted by Crippen LogP contribution is 2.44. The highest BCUT2D eigenvalue weighted by atomic mass is 19.4. The van der Waals surface area contributed by atoms with E-state index >= 15 is 0 Å². The maximum Gasteiger partial charge on any atom is 0.419 e. The molecule has 0 radical (unpaired) electrons. The van der Waals surface area contributed by atoms with E-state index in [1.54, 1.807) is 53.4 Å². The van der Waals surface area contributed by atoms with Crippen molar-refractivity contribution >= 4 is 23.7 Å². The lowest BCUT2D eigenvalue weighted by Crippen LogP contribution is -2.40. The number of amides is 2. The summed E-state index contributed by atoms with van der Waals surface area (Å²) < 4.78 is 53.0. The van der Waals surface area contributed by atoms with Gasteiger partial charge in [-0.25, -0.2) is 4.98 Å². The number of nitrogens with zero attached hydrogens (tertiary/aromatic N) is 2. The number of alkyl halides is 3. The number of fused-ring (bicyclic) bond motifs is 1. The summed E-state index contributed by atoms with van der Waals surface area (Å²) in [6.07, 6.45) is -0.717. The predicted molar refractivity (Wildman–Crippen MR) is 142 cm³/mol. The molecule has 1 saturated heterocycles. The van der Waals surface area contributed by atoms with E-state index in [1.807, 2.05) is 0 Å². The van der Waals surface area contributed by atoms with Crippen molar-refractivity contribution in [3.05, 3.63) is 83.1 Å². The largest absolute Gasteiger partial charge is 0.487 e. The number of nitrogen functional groups attached to an aromatic ring is 1. The summed E-state index contributed by atoms with van der Waals surface area (Å²) in [5.41, 5.74) is 7.12. The fourth-order valence-corrected chi connectivity index (χ4v) is 4.64. The van der Waals surface area contributed by atoms with Gasteiger partial charge >= 0.3 is 6.18 Å². The van der Waals surface area contributed by atoms with Crippen molar-refractivity contribution in [2.24, 2.45) is 0 Å². The first-order chi connectivity index (χ1) is 19.2. The molecule has 0 saturated carbocycles. The first-order valence-electron chi connectivity index (χ1n) is 12.7. The molecular formula is C29H27F3N4O4.